The fourth-order valence-corrected chi connectivity index (χ4v) is 3.79. The molecule has 0 aromatic heterocycles. The number of nitrogens with zero attached hydrogens (tertiary/aromatic N) is 2. The van der Waals surface area contributed by atoms with Crippen molar-refractivity contribution in [1.82, 2.24) is 9.80 Å². The van der Waals surface area contributed by atoms with E-state index in [-0.39, 0.29) is 5.91 Å². The van der Waals surface area contributed by atoms with Crippen LogP contribution in [0.5, 0.6) is 5.75 Å². The fraction of sp³-hybridized carbons (Fsp3) is 0.364. The summed E-state index contributed by atoms with van der Waals surface area (Å²) in [7, 11) is 0. The minimum atomic E-state index is -1.53. The lowest BCUT2D eigenvalue weighted by molar-refractivity contribution is -0.155. The Labute approximate surface area is 165 Å². The number of carbonyl (C=O) groups is 2. The average Bonchev–Trinajstić information content (AvgIpc) is 2.69. The number of benzene rings is 2. The Balaban J connectivity index is 1.40. The molecule has 1 N–H and O–H groups in total. The van der Waals surface area contributed by atoms with Crippen LogP contribution >= 0.6 is 0 Å². The Morgan fingerprint density at radius 1 is 1.11 bits per heavy atom. The molecule has 1 fully saturated rings. The van der Waals surface area contributed by atoms with Crippen molar-refractivity contribution in [3.05, 3.63) is 59.7 Å². The van der Waals surface area contributed by atoms with E-state index < -0.39 is 11.5 Å². The second-order valence-electron chi connectivity index (χ2n) is 7.64. The van der Waals surface area contributed by atoms with Gasteiger partial charge in [-0.05, 0) is 31.5 Å². The van der Waals surface area contributed by atoms with Crippen LogP contribution in [0.25, 0.3) is 0 Å². The largest absolute Gasteiger partial charge is 0.466 e. The van der Waals surface area contributed by atoms with E-state index in [0.717, 1.165) is 19.6 Å². The third-order valence-corrected chi connectivity index (χ3v) is 5.44. The van der Waals surface area contributed by atoms with E-state index in [4.69, 9.17) is 4.74 Å². The molecule has 0 saturated carbocycles. The molecule has 0 bridgehead atoms. The molecule has 0 spiro atoms. The van der Waals surface area contributed by atoms with Gasteiger partial charge in [0.2, 0.25) is 0 Å². The molecule has 1 atom stereocenters. The number of fused-ring (bicyclic) bond motifs is 1. The summed E-state index contributed by atoms with van der Waals surface area (Å²) in [5.74, 6) is -0.177. The third-order valence-electron chi connectivity index (χ3n) is 5.44. The predicted molar refractivity (Wildman–Crippen MR) is 107 cm³/mol. The van der Waals surface area contributed by atoms with Gasteiger partial charge in [-0.15, -0.1) is 0 Å². The topological polar surface area (TPSA) is 61.9 Å². The van der Waals surface area contributed by atoms with E-state index in [9.17, 15) is 9.59 Å². The summed E-state index contributed by atoms with van der Waals surface area (Å²) in [4.78, 5) is 29.8. The number of ether oxygens (including phenoxy) is 1. The number of hydrogen-bond acceptors (Lipinski definition) is 4. The van der Waals surface area contributed by atoms with Gasteiger partial charge in [0.1, 0.15) is 5.75 Å². The molecule has 1 unspecified atom stereocenters. The molecule has 28 heavy (non-hydrogen) atoms. The molecule has 2 aliphatic rings. The molecule has 146 valence electrons. The minimum absolute atomic E-state index is 0.283. The Hall–Kier alpha value is -2.86. The molecule has 2 aromatic rings. The number of rotatable bonds is 3. The monoisotopic (exact) mass is 379 g/mol. The molecular weight excluding hydrogens is 354 g/mol. The average molecular weight is 379 g/mol. The summed E-state index contributed by atoms with van der Waals surface area (Å²) in [5, 5.41) is 2.80. The van der Waals surface area contributed by atoms with Gasteiger partial charge in [0, 0.05) is 32.7 Å². The summed E-state index contributed by atoms with van der Waals surface area (Å²) in [6.45, 7) is 7.22. The lowest BCUT2D eigenvalue weighted by Gasteiger charge is -2.40. The Kier molecular flexibility index (Phi) is 4.81. The van der Waals surface area contributed by atoms with Crippen LogP contribution in [-0.2, 0) is 16.1 Å². The van der Waals surface area contributed by atoms with Gasteiger partial charge in [0.05, 0.1) is 5.69 Å². The van der Waals surface area contributed by atoms with Crippen molar-refractivity contribution >= 4 is 17.5 Å². The summed E-state index contributed by atoms with van der Waals surface area (Å²) >= 11 is 0. The second-order valence-corrected chi connectivity index (χ2v) is 7.64. The normalized spacial score (nSPS) is 22.2. The minimum Gasteiger partial charge on any atom is -0.466 e. The maximum absolute atomic E-state index is 13.1. The molecule has 1 saturated heterocycles. The number of amides is 2. The van der Waals surface area contributed by atoms with Gasteiger partial charge in [-0.25, -0.2) is 0 Å². The maximum atomic E-state index is 13.1. The zero-order valence-electron chi connectivity index (χ0n) is 16.3. The van der Waals surface area contributed by atoms with Gasteiger partial charge >= 0.3 is 0 Å². The number of nitrogens with one attached hydrogen (secondary N) is 1. The Morgan fingerprint density at radius 3 is 2.61 bits per heavy atom. The second kappa shape index (κ2) is 7.28. The number of hydrogen-bond donors (Lipinski definition) is 1. The number of para-hydroxylation sites is 2. The maximum Gasteiger partial charge on any atom is 0.278 e. The molecule has 2 aliphatic heterocycles. The summed E-state index contributed by atoms with van der Waals surface area (Å²) < 4.78 is 5.87. The van der Waals surface area contributed by atoms with Crippen molar-refractivity contribution in [2.75, 3.05) is 31.5 Å². The summed E-state index contributed by atoms with van der Waals surface area (Å²) in [6, 6.07) is 15.7. The number of anilines is 1. The van der Waals surface area contributed by atoms with Crippen molar-refractivity contribution in [2.45, 2.75) is 26.0 Å². The van der Waals surface area contributed by atoms with E-state index >= 15 is 0 Å². The molecule has 0 radical (unpaired) electrons. The van der Waals surface area contributed by atoms with Crippen LogP contribution in [0.3, 0.4) is 0 Å². The molecule has 2 heterocycles. The first-order chi connectivity index (χ1) is 13.5. The van der Waals surface area contributed by atoms with Gasteiger partial charge in [-0.1, -0.05) is 42.0 Å². The van der Waals surface area contributed by atoms with Crippen LogP contribution < -0.4 is 10.1 Å². The van der Waals surface area contributed by atoms with Crippen molar-refractivity contribution in [3.63, 3.8) is 0 Å². The van der Waals surface area contributed by atoms with Gasteiger partial charge in [-0.3, -0.25) is 14.5 Å². The molecule has 0 aliphatic carbocycles. The van der Waals surface area contributed by atoms with Crippen LogP contribution in [-0.4, -0.2) is 53.4 Å². The first-order valence-corrected chi connectivity index (χ1v) is 9.62. The lowest BCUT2D eigenvalue weighted by Crippen LogP contribution is -2.62. The van der Waals surface area contributed by atoms with Crippen LogP contribution in [0.1, 0.15) is 18.1 Å². The van der Waals surface area contributed by atoms with E-state index in [2.05, 4.69) is 41.4 Å². The lowest BCUT2D eigenvalue weighted by atomic mass is 10.00. The zero-order chi connectivity index (χ0) is 19.7. The highest BCUT2D eigenvalue weighted by atomic mass is 16.5. The summed E-state index contributed by atoms with van der Waals surface area (Å²) in [6.07, 6.45) is 0. The van der Waals surface area contributed by atoms with Crippen LogP contribution in [0, 0.1) is 6.92 Å². The molecular formula is C22H25N3O3. The summed E-state index contributed by atoms with van der Waals surface area (Å²) in [5.41, 5.74) is 1.59. The van der Waals surface area contributed by atoms with E-state index in [1.807, 2.05) is 12.1 Å². The van der Waals surface area contributed by atoms with Crippen LogP contribution in [0.15, 0.2) is 48.5 Å². The highest BCUT2D eigenvalue weighted by Crippen LogP contribution is 2.34. The van der Waals surface area contributed by atoms with E-state index in [1.165, 1.54) is 11.1 Å². The predicted octanol–water partition coefficient (Wildman–Crippen LogP) is 2.43. The van der Waals surface area contributed by atoms with Gasteiger partial charge in [0.25, 0.3) is 17.4 Å². The van der Waals surface area contributed by atoms with Gasteiger partial charge in [-0.2, -0.15) is 0 Å². The zero-order valence-corrected chi connectivity index (χ0v) is 16.3. The van der Waals surface area contributed by atoms with E-state index in [1.54, 1.807) is 24.0 Å². The highest BCUT2D eigenvalue weighted by Gasteiger charge is 2.49. The van der Waals surface area contributed by atoms with Crippen molar-refractivity contribution < 1.29 is 14.3 Å². The van der Waals surface area contributed by atoms with Crippen molar-refractivity contribution in [2.24, 2.45) is 0 Å². The van der Waals surface area contributed by atoms with Crippen LogP contribution in [0.4, 0.5) is 5.69 Å². The number of carbonyl (C=O) groups excluding carboxylic acids is 2. The molecule has 6 heteroatoms. The SMILES string of the molecule is Cc1cccc(CN2CCN(C(=O)C3(C)Oc4ccccc4NC3=O)CC2)c1. The van der Waals surface area contributed by atoms with Crippen molar-refractivity contribution in [3.8, 4) is 5.75 Å². The Bertz CT molecular complexity index is 905. The van der Waals surface area contributed by atoms with Crippen LogP contribution in [0.2, 0.25) is 0 Å². The number of piperazine rings is 1. The quantitative estimate of drug-likeness (QED) is 0.832. The van der Waals surface area contributed by atoms with Gasteiger partial charge < -0.3 is 15.0 Å². The third kappa shape index (κ3) is 3.47. The molecule has 6 nitrogen and oxygen atoms in total. The van der Waals surface area contributed by atoms with Gasteiger partial charge in [0.15, 0.2) is 0 Å². The molecule has 2 aromatic carbocycles. The van der Waals surface area contributed by atoms with E-state index in [0.29, 0.717) is 24.5 Å². The molecule has 4 rings (SSSR count). The Morgan fingerprint density at radius 2 is 1.86 bits per heavy atom. The first kappa shape index (κ1) is 18.5. The molecule has 2 amide bonds. The standard InChI is InChI=1S/C22H25N3O3/c1-16-6-5-7-17(14-16)15-24-10-12-25(13-11-24)21(27)22(2)20(26)23-18-8-3-4-9-19(18)28-22/h3-9,14H,10-13,15H2,1-2H3,(H,23,26). The number of aryl methyl sites for hydroxylation is 1. The fourth-order valence-electron chi connectivity index (χ4n) is 3.79. The highest BCUT2D eigenvalue weighted by molar-refractivity contribution is 6.15. The first-order valence-electron chi connectivity index (χ1n) is 9.62. The smallest absolute Gasteiger partial charge is 0.278 e. The van der Waals surface area contributed by atoms with Crippen molar-refractivity contribution in [1.29, 1.82) is 0 Å².